The molecule has 0 saturated carbocycles. The molecule has 0 fully saturated rings. The third-order valence-corrected chi connectivity index (χ3v) is 3.37. The predicted molar refractivity (Wildman–Crippen MR) is 89.8 cm³/mol. The molecule has 0 atom stereocenters. The monoisotopic (exact) mass is 332 g/mol. The molecular formula is C18H17ClO4. The van der Waals surface area contributed by atoms with E-state index in [1.54, 1.807) is 18.2 Å². The highest BCUT2D eigenvalue weighted by Crippen LogP contribution is 2.37. The first-order chi connectivity index (χ1) is 11.1. The van der Waals surface area contributed by atoms with Crippen molar-refractivity contribution in [3.8, 4) is 11.5 Å². The number of carbonyl (C=O) groups excluding carboxylic acids is 1. The summed E-state index contributed by atoms with van der Waals surface area (Å²) in [6.07, 6.45) is 2.91. The van der Waals surface area contributed by atoms with Crippen LogP contribution in [0.1, 0.15) is 11.1 Å². The number of halogens is 1. The molecular weight excluding hydrogens is 316 g/mol. The van der Waals surface area contributed by atoms with E-state index in [1.807, 2.05) is 30.3 Å². The SMILES string of the molecule is COC(=O)/C=C/c1cc(Cl)c(OCc2ccccc2)c(OC)c1. The highest BCUT2D eigenvalue weighted by atomic mass is 35.5. The van der Waals surface area contributed by atoms with E-state index in [-0.39, 0.29) is 0 Å². The smallest absolute Gasteiger partial charge is 0.330 e. The minimum Gasteiger partial charge on any atom is -0.493 e. The molecule has 4 nitrogen and oxygen atoms in total. The molecule has 5 heteroatoms. The standard InChI is InChI=1S/C18H17ClO4/c1-21-16-11-14(8-9-17(20)22-2)10-15(19)18(16)23-12-13-6-4-3-5-7-13/h3-11H,12H2,1-2H3/b9-8+. The number of carbonyl (C=O) groups is 1. The van der Waals surface area contributed by atoms with Crippen molar-refractivity contribution in [1.82, 2.24) is 0 Å². The fraction of sp³-hybridized carbons (Fsp3) is 0.167. The molecule has 0 saturated heterocycles. The second kappa shape index (κ2) is 8.25. The summed E-state index contributed by atoms with van der Waals surface area (Å²) in [4.78, 5) is 11.2. The molecule has 0 unspecified atom stereocenters. The summed E-state index contributed by atoms with van der Waals surface area (Å²) in [5.74, 6) is 0.524. The Kier molecular flexibility index (Phi) is 6.06. The van der Waals surface area contributed by atoms with Crippen LogP contribution in [-0.4, -0.2) is 20.2 Å². The fourth-order valence-electron chi connectivity index (χ4n) is 1.94. The lowest BCUT2D eigenvalue weighted by Gasteiger charge is -2.13. The van der Waals surface area contributed by atoms with Gasteiger partial charge in [0.05, 0.1) is 19.2 Å². The van der Waals surface area contributed by atoms with Crippen molar-refractivity contribution in [3.63, 3.8) is 0 Å². The maximum atomic E-state index is 11.2. The second-order valence-electron chi connectivity index (χ2n) is 4.66. The lowest BCUT2D eigenvalue weighted by molar-refractivity contribution is -0.134. The molecule has 0 aromatic heterocycles. The third-order valence-electron chi connectivity index (χ3n) is 3.09. The van der Waals surface area contributed by atoms with Crippen LogP contribution in [0.3, 0.4) is 0 Å². The van der Waals surface area contributed by atoms with Gasteiger partial charge in [0.1, 0.15) is 6.61 Å². The predicted octanol–water partition coefficient (Wildman–Crippen LogP) is 4.11. The maximum absolute atomic E-state index is 11.2. The lowest BCUT2D eigenvalue weighted by atomic mass is 10.2. The number of rotatable bonds is 6. The first kappa shape index (κ1) is 16.9. The second-order valence-corrected chi connectivity index (χ2v) is 5.07. The van der Waals surface area contributed by atoms with E-state index < -0.39 is 5.97 Å². The molecule has 120 valence electrons. The molecule has 2 aromatic rings. The third kappa shape index (κ3) is 4.76. The van der Waals surface area contributed by atoms with Crippen LogP contribution >= 0.6 is 11.6 Å². The largest absolute Gasteiger partial charge is 0.493 e. The number of hydrogen-bond acceptors (Lipinski definition) is 4. The molecule has 0 aliphatic heterocycles. The van der Waals surface area contributed by atoms with Crippen molar-refractivity contribution in [2.24, 2.45) is 0 Å². The van der Waals surface area contributed by atoms with Crippen LogP contribution in [-0.2, 0) is 16.1 Å². The zero-order valence-electron chi connectivity index (χ0n) is 12.9. The minimum atomic E-state index is -0.440. The van der Waals surface area contributed by atoms with Crippen LogP contribution in [0.4, 0.5) is 0 Å². The lowest BCUT2D eigenvalue weighted by Crippen LogP contribution is -1.99. The zero-order valence-corrected chi connectivity index (χ0v) is 13.7. The Labute approximate surface area is 140 Å². The summed E-state index contributed by atoms with van der Waals surface area (Å²) >= 11 is 6.27. The quantitative estimate of drug-likeness (QED) is 0.590. The number of benzene rings is 2. The summed E-state index contributed by atoms with van der Waals surface area (Å²) in [5, 5.41) is 0.407. The van der Waals surface area contributed by atoms with E-state index in [0.29, 0.717) is 28.7 Å². The zero-order chi connectivity index (χ0) is 16.7. The fourth-order valence-corrected chi connectivity index (χ4v) is 2.21. The van der Waals surface area contributed by atoms with E-state index in [9.17, 15) is 4.79 Å². The Morgan fingerprint density at radius 2 is 1.91 bits per heavy atom. The Bertz CT molecular complexity index is 696. The first-order valence-electron chi connectivity index (χ1n) is 6.94. The minimum absolute atomic E-state index is 0.383. The molecule has 0 aliphatic carbocycles. The van der Waals surface area contributed by atoms with Crippen molar-refractivity contribution in [2.45, 2.75) is 6.61 Å². The molecule has 2 rings (SSSR count). The average molecular weight is 333 g/mol. The Morgan fingerprint density at radius 1 is 1.17 bits per heavy atom. The Hall–Kier alpha value is -2.46. The Balaban J connectivity index is 2.19. The maximum Gasteiger partial charge on any atom is 0.330 e. The topological polar surface area (TPSA) is 44.8 Å². The van der Waals surface area contributed by atoms with Crippen LogP contribution in [0.25, 0.3) is 6.08 Å². The number of esters is 1. The van der Waals surface area contributed by atoms with E-state index in [2.05, 4.69) is 4.74 Å². The highest BCUT2D eigenvalue weighted by molar-refractivity contribution is 6.32. The van der Waals surface area contributed by atoms with Gasteiger partial charge in [-0.15, -0.1) is 0 Å². The van der Waals surface area contributed by atoms with Crippen molar-refractivity contribution in [2.75, 3.05) is 14.2 Å². The van der Waals surface area contributed by atoms with Crippen LogP contribution in [0, 0.1) is 0 Å². The molecule has 0 N–H and O–H groups in total. The van der Waals surface area contributed by atoms with Gasteiger partial charge >= 0.3 is 5.97 Å². The van der Waals surface area contributed by atoms with Gasteiger partial charge in [-0.25, -0.2) is 4.79 Å². The molecule has 0 spiro atoms. The molecule has 0 amide bonds. The average Bonchev–Trinajstić information content (AvgIpc) is 2.59. The molecule has 0 heterocycles. The number of methoxy groups -OCH3 is 2. The van der Waals surface area contributed by atoms with E-state index in [1.165, 1.54) is 20.3 Å². The summed E-state index contributed by atoms with van der Waals surface area (Å²) in [6.45, 7) is 0.383. The normalized spacial score (nSPS) is 10.6. The van der Waals surface area contributed by atoms with E-state index in [4.69, 9.17) is 21.1 Å². The van der Waals surface area contributed by atoms with Gasteiger partial charge in [0, 0.05) is 6.08 Å². The van der Waals surface area contributed by atoms with Gasteiger partial charge in [-0.3, -0.25) is 0 Å². The number of hydrogen-bond donors (Lipinski definition) is 0. The van der Waals surface area contributed by atoms with Crippen LogP contribution < -0.4 is 9.47 Å². The molecule has 23 heavy (non-hydrogen) atoms. The van der Waals surface area contributed by atoms with E-state index in [0.717, 1.165) is 5.56 Å². The molecule has 0 aliphatic rings. The van der Waals surface area contributed by atoms with Crippen LogP contribution in [0.5, 0.6) is 11.5 Å². The number of ether oxygens (including phenoxy) is 3. The molecule has 2 aromatic carbocycles. The van der Waals surface area contributed by atoms with Gasteiger partial charge in [-0.2, -0.15) is 0 Å². The summed E-state index contributed by atoms with van der Waals surface area (Å²) in [7, 11) is 2.86. The molecule has 0 radical (unpaired) electrons. The van der Waals surface area contributed by atoms with Crippen molar-refractivity contribution < 1.29 is 19.0 Å². The molecule has 0 bridgehead atoms. The van der Waals surface area contributed by atoms with Gasteiger partial charge < -0.3 is 14.2 Å². The van der Waals surface area contributed by atoms with Crippen LogP contribution in [0.15, 0.2) is 48.5 Å². The van der Waals surface area contributed by atoms with Gasteiger partial charge in [-0.1, -0.05) is 41.9 Å². The Morgan fingerprint density at radius 3 is 2.57 bits per heavy atom. The van der Waals surface area contributed by atoms with Crippen molar-refractivity contribution in [3.05, 3.63) is 64.7 Å². The summed E-state index contributed by atoms with van der Waals surface area (Å²) < 4.78 is 15.7. The first-order valence-corrected chi connectivity index (χ1v) is 7.32. The van der Waals surface area contributed by atoms with Crippen molar-refractivity contribution >= 4 is 23.6 Å². The highest BCUT2D eigenvalue weighted by Gasteiger charge is 2.11. The van der Waals surface area contributed by atoms with Gasteiger partial charge in [-0.05, 0) is 29.3 Å². The van der Waals surface area contributed by atoms with Gasteiger partial charge in [0.2, 0.25) is 0 Å². The van der Waals surface area contributed by atoms with Crippen molar-refractivity contribution in [1.29, 1.82) is 0 Å². The van der Waals surface area contributed by atoms with Crippen LogP contribution in [0.2, 0.25) is 5.02 Å². The van der Waals surface area contributed by atoms with E-state index >= 15 is 0 Å². The van der Waals surface area contributed by atoms with Gasteiger partial charge in [0.15, 0.2) is 11.5 Å². The summed E-state index contributed by atoms with van der Waals surface area (Å²) in [5.41, 5.74) is 1.74. The summed E-state index contributed by atoms with van der Waals surface area (Å²) in [6, 6.07) is 13.2. The van der Waals surface area contributed by atoms with Gasteiger partial charge in [0.25, 0.3) is 0 Å².